The molecule has 0 atom stereocenters. The molecule has 0 amide bonds. The summed E-state index contributed by atoms with van der Waals surface area (Å²) in [6, 6.07) is 0. The number of hydrogen-bond acceptors (Lipinski definition) is 1. The Bertz CT molecular complexity index is 423. The topological polar surface area (TPSA) is 57.5 Å². The highest BCUT2D eigenvalue weighted by molar-refractivity contribution is 7.51. The fraction of sp³-hybridized carbons (Fsp3) is 0.647. The molecule has 0 aromatic heterocycles. The number of unbranched alkanes of at least 4 members (excludes halogenated alkanes) is 1. The molecule has 0 aromatic rings. The van der Waals surface area contributed by atoms with E-state index in [4.69, 9.17) is 9.79 Å². The van der Waals surface area contributed by atoms with Gasteiger partial charge in [0.2, 0.25) is 0 Å². The molecule has 3 nitrogen and oxygen atoms in total. The first-order valence-corrected chi connectivity index (χ1v) is 9.49. The van der Waals surface area contributed by atoms with Gasteiger partial charge in [-0.05, 0) is 66.2 Å². The molecule has 0 aromatic carbocycles. The van der Waals surface area contributed by atoms with E-state index in [2.05, 4.69) is 45.9 Å². The first-order chi connectivity index (χ1) is 9.70. The third-order valence-corrected chi connectivity index (χ3v) is 4.17. The summed E-state index contributed by atoms with van der Waals surface area (Å²) in [6.45, 7) is 8.51. The average molecular weight is 314 g/mol. The quantitative estimate of drug-likeness (QED) is 0.324. The fourth-order valence-corrected chi connectivity index (χ4v) is 2.58. The molecule has 21 heavy (non-hydrogen) atoms. The molecule has 122 valence electrons. The molecule has 0 spiro atoms. The van der Waals surface area contributed by atoms with Crippen LogP contribution >= 0.6 is 7.60 Å². The van der Waals surface area contributed by atoms with E-state index < -0.39 is 7.60 Å². The van der Waals surface area contributed by atoms with E-state index in [9.17, 15) is 4.57 Å². The summed E-state index contributed by atoms with van der Waals surface area (Å²) >= 11 is 0. The maximum atomic E-state index is 10.7. The third kappa shape index (κ3) is 15.6. The third-order valence-electron chi connectivity index (χ3n) is 3.27. The van der Waals surface area contributed by atoms with E-state index in [1.807, 2.05) is 0 Å². The summed E-state index contributed by atoms with van der Waals surface area (Å²) in [5, 5.41) is 0. The zero-order chi connectivity index (χ0) is 16.3. The minimum atomic E-state index is -3.82. The van der Waals surface area contributed by atoms with Crippen molar-refractivity contribution in [1.29, 1.82) is 0 Å². The average Bonchev–Trinajstić information content (AvgIpc) is 2.33. The standard InChI is InChI=1S/C17H31O3P/c1-15(2)9-7-11-17(4)13-8-12-16(3)10-5-6-14-21(18,19)20/h9-10,13H,5-8,11-12,14H2,1-4H3,(H2,18,19,20). The first kappa shape index (κ1) is 20.4. The molecule has 0 radical (unpaired) electrons. The van der Waals surface area contributed by atoms with Crippen LogP contribution in [0.4, 0.5) is 0 Å². The van der Waals surface area contributed by atoms with Gasteiger partial charge in [0.1, 0.15) is 0 Å². The van der Waals surface area contributed by atoms with Crippen molar-refractivity contribution in [3.05, 3.63) is 34.9 Å². The zero-order valence-corrected chi connectivity index (χ0v) is 14.8. The van der Waals surface area contributed by atoms with Crippen molar-refractivity contribution in [2.24, 2.45) is 0 Å². The van der Waals surface area contributed by atoms with Gasteiger partial charge in [-0.2, -0.15) is 0 Å². The Hall–Kier alpha value is -0.630. The highest BCUT2D eigenvalue weighted by Crippen LogP contribution is 2.35. The van der Waals surface area contributed by atoms with E-state index in [1.54, 1.807) is 0 Å². The Labute approximate surface area is 130 Å². The van der Waals surface area contributed by atoms with Crippen LogP contribution in [0.5, 0.6) is 0 Å². The Morgan fingerprint density at radius 2 is 1.33 bits per heavy atom. The summed E-state index contributed by atoms with van der Waals surface area (Å²) in [5.41, 5.74) is 4.10. The van der Waals surface area contributed by atoms with Crippen LogP contribution in [0.3, 0.4) is 0 Å². The van der Waals surface area contributed by atoms with Gasteiger partial charge in [0, 0.05) is 0 Å². The predicted octanol–water partition coefficient (Wildman–Crippen LogP) is 5.36. The van der Waals surface area contributed by atoms with E-state index in [0.717, 1.165) is 32.1 Å². The van der Waals surface area contributed by atoms with E-state index in [0.29, 0.717) is 6.42 Å². The Balaban J connectivity index is 3.88. The van der Waals surface area contributed by atoms with Crippen LogP contribution in [0, 0.1) is 0 Å². The van der Waals surface area contributed by atoms with Gasteiger partial charge in [-0.25, -0.2) is 0 Å². The van der Waals surface area contributed by atoms with E-state index in [-0.39, 0.29) is 6.16 Å². The summed E-state index contributed by atoms with van der Waals surface area (Å²) in [6.07, 6.45) is 12.3. The van der Waals surface area contributed by atoms with E-state index >= 15 is 0 Å². The van der Waals surface area contributed by atoms with Crippen molar-refractivity contribution in [3.8, 4) is 0 Å². The molecule has 0 aliphatic rings. The molecule has 0 unspecified atom stereocenters. The van der Waals surface area contributed by atoms with Crippen molar-refractivity contribution in [2.45, 2.75) is 66.2 Å². The molecule has 0 saturated carbocycles. The second kappa shape index (κ2) is 11.0. The lowest BCUT2D eigenvalue weighted by Gasteiger charge is -2.03. The normalized spacial score (nSPS) is 13.4. The van der Waals surface area contributed by atoms with Gasteiger partial charge in [0.15, 0.2) is 0 Å². The summed E-state index contributed by atoms with van der Waals surface area (Å²) < 4.78 is 10.7. The van der Waals surface area contributed by atoms with Crippen LogP contribution in [-0.2, 0) is 4.57 Å². The highest BCUT2D eigenvalue weighted by atomic mass is 31.2. The van der Waals surface area contributed by atoms with Gasteiger partial charge < -0.3 is 9.79 Å². The molecule has 0 aliphatic carbocycles. The molecule has 0 rings (SSSR count). The second-order valence-electron chi connectivity index (χ2n) is 5.99. The molecule has 0 fully saturated rings. The monoisotopic (exact) mass is 314 g/mol. The molecule has 0 aliphatic heterocycles. The van der Waals surface area contributed by atoms with Crippen molar-refractivity contribution < 1.29 is 14.4 Å². The van der Waals surface area contributed by atoms with Crippen LogP contribution < -0.4 is 0 Å². The SMILES string of the molecule is CC(C)=CCCC(C)=CCCC(C)=CCCCP(=O)(O)O. The second-order valence-corrected chi connectivity index (χ2v) is 7.77. The van der Waals surface area contributed by atoms with Crippen LogP contribution in [0.25, 0.3) is 0 Å². The summed E-state index contributed by atoms with van der Waals surface area (Å²) in [4.78, 5) is 17.5. The van der Waals surface area contributed by atoms with Crippen molar-refractivity contribution in [1.82, 2.24) is 0 Å². The molecule has 2 N–H and O–H groups in total. The highest BCUT2D eigenvalue weighted by Gasteiger charge is 2.10. The minimum absolute atomic E-state index is 0.0137. The van der Waals surface area contributed by atoms with Gasteiger partial charge in [-0.1, -0.05) is 34.9 Å². The lowest BCUT2D eigenvalue weighted by molar-refractivity contribution is 0.372. The number of rotatable bonds is 10. The molecule has 0 bridgehead atoms. The Morgan fingerprint density at radius 3 is 1.81 bits per heavy atom. The molecule has 4 heteroatoms. The molecular weight excluding hydrogens is 283 g/mol. The van der Waals surface area contributed by atoms with Gasteiger partial charge >= 0.3 is 7.60 Å². The van der Waals surface area contributed by atoms with Crippen LogP contribution in [-0.4, -0.2) is 15.9 Å². The summed E-state index contributed by atoms with van der Waals surface area (Å²) in [5.74, 6) is 0. The Kier molecular flexibility index (Phi) is 10.7. The largest absolute Gasteiger partial charge is 0.325 e. The molecule has 0 heterocycles. The summed E-state index contributed by atoms with van der Waals surface area (Å²) in [7, 11) is -3.82. The van der Waals surface area contributed by atoms with Crippen molar-refractivity contribution >= 4 is 7.60 Å². The maximum Gasteiger partial charge on any atom is 0.325 e. The maximum absolute atomic E-state index is 10.7. The molecular formula is C17H31O3P. The van der Waals surface area contributed by atoms with E-state index in [1.165, 1.54) is 16.7 Å². The smallest absolute Gasteiger partial charge is 0.324 e. The number of hydrogen-bond donors (Lipinski definition) is 2. The van der Waals surface area contributed by atoms with Crippen LogP contribution in [0.2, 0.25) is 0 Å². The van der Waals surface area contributed by atoms with Crippen LogP contribution in [0.15, 0.2) is 34.9 Å². The van der Waals surface area contributed by atoms with Crippen molar-refractivity contribution in [2.75, 3.05) is 6.16 Å². The lowest BCUT2D eigenvalue weighted by Crippen LogP contribution is -1.87. The number of allylic oxidation sites excluding steroid dienone is 6. The lowest BCUT2D eigenvalue weighted by atomic mass is 10.1. The van der Waals surface area contributed by atoms with Crippen LogP contribution in [0.1, 0.15) is 66.2 Å². The fourth-order valence-electron chi connectivity index (χ4n) is 1.98. The minimum Gasteiger partial charge on any atom is -0.324 e. The van der Waals surface area contributed by atoms with Gasteiger partial charge in [-0.15, -0.1) is 0 Å². The van der Waals surface area contributed by atoms with Gasteiger partial charge in [-0.3, -0.25) is 4.57 Å². The predicted molar refractivity (Wildman–Crippen MR) is 91.6 cm³/mol. The van der Waals surface area contributed by atoms with Gasteiger partial charge in [0.25, 0.3) is 0 Å². The Morgan fingerprint density at radius 1 is 0.857 bits per heavy atom. The molecule has 0 saturated heterocycles. The first-order valence-electron chi connectivity index (χ1n) is 7.70. The van der Waals surface area contributed by atoms with Crippen molar-refractivity contribution in [3.63, 3.8) is 0 Å². The van der Waals surface area contributed by atoms with Gasteiger partial charge in [0.05, 0.1) is 6.16 Å². The zero-order valence-electron chi connectivity index (χ0n) is 13.9.